The van der Waals surface area contributed by atoms with Gasteiger partial charge in [0.05, 0.1) is 31.9 Å². The van der Waals surface area contributed by atoms with Crippen LogP contribution in [-0.2, 0) is 4.79 Å². The molecule has 1 heterocycles. The highest BCUT2D eigenvalue weighted by Gasteiger charge is 2.26. The number of nitrogens with zero attached hydrogens (tertiary/aromatic N) is 1. The zero-order chi connectivity index (χ0) is 21.0. The molecule has 1 aliphatic heterocycles. The third-order valence-electron chi connectivity index (χ3n) is 4.03. The van der Waals surface area contributed by atoms with Crippen LogP contribution in [-0.4, -0.2) is 43.5 Å². The lowest BCUT2D eigenvalue weighted by atomic mass is 10.0. The van der Waals surface area contributed by atoms with E-state index in [9.17, 15) is 14.7 Å². The fraction of sp³-hybridized carbons (Fsp3) is 0.150. The van der Waals surface area contributed by atoms with Crippen molar-refractivity contribution in [3.8, 4) is 17.2 Å². The van der Waals surface area contributed by atoms with Crippen LogP contribution in [0.5, 0.6) is 17.2 Å². The quantitative estimate of drug-likeness (QED) is 0.699. The molecule has 2 N–H and O–H groups in total. The van der Waals surface area contributed by atoms with E-state index in [1.807, 2.05) is 0 Å². The first-order valence-corrected chi connectivity index (χ1v) is 9.20. The Bertz CT molecular complexity index is 1010. The van der Waals surface area contributed by atoms with E-state index < -0.39 is 5.97 Å². The number of carboxylic acids is 1. The van der Waals surface area contributed by atoms with E-state index in [2.05, 4.69) is 10.3 Å². The maximum atomic E-state index is 12.3. The standard InChI is InChI=1S/C20H18N2O6S/c1-26-13-7-5-12(6-8-13)21-20-22-18(23)15(29-20)10-11-4-9-14(27-2)17(28-3)16(11)19(24)25/h4-10H,1-3H3,(H,24,25)(H,21,22,23)/b15-10-. The van der Waals surface area contributed by atoms with Gasteiger partial charge < -0.3 is 24.6 Å². The normalized spacial score (nSPS) is 16.0. The maximum absolute atomic E-state index is 12.3. The number of carbonyl (C=O) groups excluding carboxylic acids is 1. The van der Waals surface area contributed by atoms with Gasteiger partial charge in [-0.05, 0) is 53.7 Å². The van der Waals surface area contributed by atoms with Gasteiger partial charge in [-0.3, -0.25) is 4.79 Å². The van der Waals surface area contributed by atoms with Gasteiger partial charge in [-0.15, -0.1) is 0 Å². The number of hydrogen-bond acceptors (Lipinski definition) is 7. The number of ether oxygens (including phenoxy) is 3. The number of hydrogen-bond donors (Lipinski definition) is 2. The number of thioether (sulfide) groups is 1. The second kappa shape index (κ2) is 8.70. The van der Waals surface area contributed by atoms with Crippen LogP contribution in [0.25, 0.3) is 6.08 Å². The molecule has 1 fully saturated rings. The number of nitrogens with one attached hydrogen (secondary N) is 1. The van der Waals surface area contributed by atoms with Crippen molar-refractivity contribution in [2.45, 2.75) is 0 Å². The molecule has 0 bridgehead atoms. The highest BCUT2D eigenvalue weighted by molar-refractivity contribution is 8.18. The van der Waals surface area contributed by atoms with E-state index >= 15 is 0 Å². The molecule has 0 saturated carbocycles. The first-order valence-electron chi connectivity index (χ1n) is 8.38. The average molecular weight is 414 g/mol. The molecule has 3 rings (SSSR count). The molecule has 0 radical (unpaired) electrons. The molecule has 29 heavy (non-hydrogen) atoms. The Morgan fingerprint density at radius 2 is 1.79 bits per heavy atom. The van der Waals surface area contributed by atoms with Crippen LogP contribution in [0, 0.1) is 0 Å². The molecule has 1 amide bonds. The smallest absolute Gasteiger partial charge is 0.340 e. The van der Waals surface area contributed by atoms with E-state index in [0.29, 0.717) is 27.1 Å². The van der Waals surface area contributed by atoms with Gasteiger partial charge in [-0.25, -0.2) is 9.79 Å². The average Bonchev–Trinajstić information content (AvgIpc) is 3.06. The van der Waals surface area contributed by atoms with Gasteiger partial charge in [0.15, 0.2) is 16.7 Å². The summed E-state index contributed by atoms with van der Waals surface area (Å²) in [6, 6.07) is 10.2. The summed E-state index contributed by atoms with van der Waals surface area (Å²) in [6.07, 6.45) is 1.49. The van der Waals surface area contributed by atoms with Gasteiger partial charge in [-0.1, -0.05) is 6.07 Å². The molecular formula is C20H18N2O6S. The Kier molecular flexibility index (Phi) is 6.08. The fourth-order valence-electron chi connectivity index (χ4n) is 2.68. The molecule has 0 aromatic heterocycles. The summed E-state index contributed by atoms with van der Waals surface area (Å²) in [6.45, 7) is 0. The van der Waals surface area contributed by atoms with Crippen molar-refractivity contribution in [3.63, 3.8) is 0 Å². The third-order valence-corrected chi connectivity index (χ3v) is 4.94. The number of rotatable bonds is 6. The van der Waals surface area contributed by atoms with E-state index in [4.69, 9.17) is 14.2 Å². The van der Waals surface area contributed by atoms with Crippen molar-refractivity contribution in [1.82, 2.24) is 5.32 Å². The van der Waals surface area contributed by atoms with Crippen molar-refractivity contribution >= 4 is 40.6 Å². The first-order chi connectivity index (χ1) is 14.0. The summed E-state index contributed by atoms with van der Waals surface area (Å²) in [5.41, 5.74) is 0.874. The minimum atomic E-state index is -1.19. The topological polar surface area (TPSA) is 106 Å². The van der Waals surface area contributed by atoms with E-state index in [1.54, 1.807) is 43.5 Å². The summed E-state index contributed by atoms with van der Waals surface area (Å²) in [5, 5.41) is 12.7. The van der Waals surface area contributed by atoms with Gasteiger partial charge in [0.1, 0.15) is 11.3 Å². The van der Waals surface area contributed by atoms with Crippen LogP contribution in [0.3, 0.4) is 0 Å². The van der Waals surface area contributed by atoms with Crippen LogP contribution in [0.1, 0.15) is 15.9 Å². The van der Waals surface area contributed by atoms with Gasteiger partial charge in [0.25, 0.3) is 5.91 Å². The molecule has 9 heteroatoms. The summed E-state index contributed by atoms with van der Waals surface area (Å²) in [4.78, 5) is 28.8. The fourth-order valence-corrected chi connectivity index (χ4v) is 3.51. The Hall–Kier alpha value is -3.46. The van der Waals surface area contributed by atoms with Crippen LogP contribution in [0.2, 0.25) is 0 Å². The lowest BCUT2D eigenvalue weighted by Crippen LogP contribution is -2.19. The Morgan fingerprint density at radius 1 is 1.07 bits per heavy atom. The lowest BCUT2D eigenvalue weighted by Gasteiger charge is -2.12. The van der Waals surface area contributed by atoms with Crippen LogP contribution < -0.4 is 19.5 Å². The molecule has 2 aromatic carbocycles. The molecule has 2 aromatic rings. The third kappa shape index (κ3) is 4.35. The number of amides is 1. The molecule has 1 aliphatic rings. The van der Waals surface area contributed by atoms with Crippen molar-refractivity contribution in [3.05, 3.63) is 52.4 Å². The predicted octanol–water partition coefficient (Wildman–Crippen LogP) is 3.30. The van der Waals surface area contributed by atoms with Crippen molar-refractivity contribution in [2.75, 3.05) is 21.3 Å². The Balaban J connectivity index is 1.94. The van der Waals surface area contributed by atoms with Gasteiger partial charge in [0, 0.05) is 0 Å². The minimum absolute atomic E-state index is 0.0879. The Labute approximate surface area is 171 Å². The van der Waals surface area contributed by atoms with Crippen LogP contribution in [0.15, 0.2) is 46.3 Å². The number of aliphatic imine (C=N–C) groups is 1. The second-order valence-electron chi connectivity index (χ2n) is 5.75. The number of carboxylic acid groups (broad SMARTS) is 1. The first kappa shape index (κ1) is 20.3. The second-order valence-corrected chi connectivity index (χ2v) is 6.78. The zero-order valence-electron chi connectivity index (χ0n) is 15.9. The molecule has 0 aliphatic carbocycles. The number of amidine groups is 1. The van der Waals surface area contributed by atoms with E-state index in [-0.39, 0.29) is 23.0 Å². The number of carbonyl (C=O) groups is 2. The Morgan fingerprint density at radius 3 is 2.38 bits per heavy atom. The van der Waals surface area contributed by atoms with Crippen LogP contribution in [0.4, 0.5) is 5.69 Å². The van der Waals surface area contributed by atoms with Crippen molar-refractivity contribution in [1.29, 1.82) is 0 Å². The number of methoxy groups -OCH3 is 3. The molecule has 1 saturated heterocycles. The molecule has 0 atom stereocenters. The molecule has 0 unspecified atom stereocenters. The van der Waals surface area contributed by atoms with E-state index in [0.717, 1.165) is 11.8 Å². The van der Waals surface area contributed by atoms with E-state index in [1.165, 1.54) is 20.3 Å². The molecular weight excluding hydrogens is 396 g/mol. The summed E-state index contributed by atoms with van der Waals surface area (Å²) >= 11 is 1.12. The number of aromatic carboxylic acids is 1. The van der Waals surface area contributed by atoms with Crippen LogP contribution >= 0.6 is 11.8 Å². The van der Waals surface area contributed by atoms with Gasteiger partial charge >= 0.3 is 5.97 Å². The largest absolute Gasteiger partial charge is 0.497 e. The molecule has 150 valence electrons. The SMILES string of the molecule is COc1ccc(N=C2NC(=O)/C(=C/c3ccc(OC)c(OC)c3C(=O)O)S2)cc1. The zero-order valence-corrected chi connectivity index (χ0v) is 16.7. The molecule has 0 spiro atoms. The maximum Gasteiger partial charge on any atom is 0.340 e. The summed E-state index contributed by atoms with van der Waals surface area (Å²) in [5.74, 6) is -0.481. The highest BCUT2D eigenvalue weighted by atomic mass is 32.2. The number of benzene rings is 2. The lowest BCUT2D eigenvalue weighted by molar-refractivity contribution is -0.115. The monoisotopic (exact) mass is 414 g/mol. The van der Waals surface area contributed by atoms with Gasteiger partial charge in [0.2, 0.25) is 0 Å². The summed E-state index contributed by atoms with van der Waals surface area (Å²) < 4.78 is 15.5. The molecule has 8 nitrogen and oxygen atoms in total. The predicted molar refractivity (Wildman–Crippen MR) is 110 cm³/mol. The minimum Gasteiger partial charge on any atom is -0.497 e. The van der Waals surface area contributed by atoms with Crippen molar-refractivity contribution < 1.29 is 28.9 Å². The highest BCUT2D eigenvalue weighted by Crippen LogP contribution is 2.36. The van der Waals surface area contributed by atoms with Gasteiger partial charge in [-0.2, -0.15) is 0 Å². The summed E-state index contributed by atoms with van der Waals surface area (Å²) in [7, 11) is 4.35. The van der Waals surface area contributed by atoms with Crippen molar-refractivity contribution in [2.24, 2.45) is 4.99 Å².